The lowest BCUT2D eigenvalue weighted by molar-refractivity contribution is -0.149. The zero-order valence-corrected chi connectivity index (χ0v) is 15.4. The van der Waals surface area contributed by atoms with E-state index in [0.29, 0.717) is 11.8 Å². The van der Waals surface area contributed by atoms with Crippen LogP contribution in [0.4, 0.5) is 0 Å². The van der Waals surface area contributed by atoms with Gasteiger partial charge in [-0.25, -0.2) is 0 Å². The Morgan fingerprint density at radius 2 is 1.88 bits per heavy atom. The SMILES string of the molecule is Cc1ccc(OCCC(=O)OCC(=O)N[C@@H]2CCC[C@H](C)[C@H]2C)cc1. The zero-order chi connectivity index (χ0) is 18.2. The Morgan fingerprint density at radius 3 is 2.60 bits per heavy atom. The predicted molar refractivity (Wildman–Crippen MR) is 96.4 cm³/mol. The highest BCUT2D eigenvalue weighted by atomic mass is 16.5. The minimum atomic E-state index is -0.424. The number of hydrogen-bond acceptors (Lipinski definition) is 4. The molecule has 0 heterocycles. The molecule has 0 unspecified atom stereocenters. The van der Waals surface area contributed by atoms with Crippen LogP contribution in [0.15, 0.2) is 24.3 Å². The molecule has 0 radical (unpaired) electrons. The van der Waals surface area contributed by atoms with Crippen LogP contribution in [0, 0.1) is 18.8 Å². The van der Waals surface area contributed by atoms with Crippen molar-refractivity contribution in [3.05, 3.63) is 29.8 Å². The number of hydrogen-bond donors (Lipinski definition) is 1. The van der Waals surface area contributed by atoms with Crippen molar-refractivity contribution in [1.29, 1.82) is 0 Å². The highest BCUT2D eigenvalue weighted by Gasteiger charge is 2.28. The first-order chi connectivity index (χ1) is 12.0. The first kappa shape index (κ1) is 19.3. The molecule has 3 atom stereocenters. The summed E-state index contributed by atoms with van der Waals surface area (Å²) >= 11 is 0. The van der Waals surface area contributed by atoms with E-state index in [1.54, 1.807) is 0 Å². The van der Waals surface area contributed by atoms with Crippen molar-refractivity contribution < 1.29 is 19.1 Å². The van der Waals surface area contributed by atoms with Gasteiger partial charge in [-0.3, -0.25) is 9.59 Å². The Kier molecular flexibility index (Phi) is 7.29. The van der Waals surface area contributed by atoms with E-state index in [0.717, 1.165) is 24.2 Å². The van der Waals surface area contributed by atoms with Gasteiger partial charge in [-0.2, -0.15) is 0 Å². The number of ether oxygens (including phenoxy) is 2. The molecule has 138 valence electrons. The Balaban J connectivity index is 1.62. The Labute approximate surface area is 150 Å². The third-order valence-corrected chi connectivity index (χ3v) is 5.01. The van der Waals surface area contributed by atoms with E-state index in [9.17, 15) is 9.59 Å². The number of esters is 1. The maximum Gasteiger partial charge on any atom is 0.309 e. The minimum Gasteiger partial charge on any atom is -0.493 e. The van der Waals surface area contributed by atoms with E-state index in [4.69, 9.17) is 9.47 Å². The first-order valence-corrected chi connectivity index (χ1v) is 9.10. The molecule has 0 bridgehead atoms. The monoisotopic (exact) mass is 347 g/mol. The van der Waals surface area contributed by atoms with Gasteiger partial charge in [-0.1, -0.05) is 44.4 Å². The standard InChI is InChI=1S/C20H29NO4/c1-14-7-9-17(10-8-14)24-12-11-20(23)25-13-19(22)21-18-6-4-5-15(2)16(18)3/h7-10,15-16,18H,4-6,11-13H2,1-3H3,(H,21,22)/t15-,16+,18+/m0/s1. The summed E-state index contributed by atoms with van der Waals surface area (Å²) in [7, 11) is 0. The number of amides is 1. The second-order valence-corrected chi connectivity index (χ2v) is 7.01. The maximum atomic E-state index is 12.0. The highest BCUT2D eigenvalue weighted by Crippen LogP contribution is 2.29. The van der Waals surface area contributed by atoms with Gasteiger partial charge in [0.1, 0.15) is 5.75 Å². The van der Waals surface area contributed by atoms with Crippen molar-refractivity contribution in [3.8, 4) is 5.75 Å². The van der Waals surface area contributed by atoms with Gasteiger partial charge in [0.05, 0.1) is 13.0 Å². The van der Waals surface area contributed by atoms with Crippen LogP contribution in [0.5, 0.6) is 5.75 Å². The smallest absolute Gasteiger partial charge is 0.309 e. The fraction of sp³-hybridized carbons (Fsp3) is 0.600. The predicted octanol–water partition coefficient (Wildman–Crippen LogP) is 3.25. The third-order valence-electron chi connectivity index (χ3n) is 5.01. The normalized spacial score (nSPS) is 22.9. The summed E-state index contributed by atoms with van der Waals surface area (Å²) in [6, 6.07) is 7.80. The van der Waals surface area contributed by atoms with Crippen molar-refractivity contribution in [2.75, 3.05) is 13.2 Å². The largest absolute Gasteiger partial charge is 0.493 e. The van der Waals surface area contributed by atoms with Gasteiger partial charge in [0.25, 0.3) is 5.91 Å². The van der Waals surface area contributed by atoms with Crippen LogP contribution in [0.25, 0.3) is 0 Å². The summed E-state index contributed by atoms with van der Waals surface area (Å²) in [4.78, 5) is 23.7. The number of benzene rings is 1. The van der Waals surface area contributed by atoms with Gasteiger partial charge in [0, 0.05) is 6.04 Å². The molecule has 5 nitrogen and oxygen atoms in total. The van der Waals surface area contributed by atoms with Gasteiger partial charge < -0.3 is 14.8 Å². The number of rotatable bonds is 7. The van der Waals surface area contributed by atoms with Gasteiger partial charge in [0.2, 0.25) is 0 Å². The van der Waals surface area contributed by atoms with Crippen molar-refractivity contribution >= 4 is 11.9 Å². The van der Waals surface area contributed by atoms with Gasteiger partial charge in [-0.15, -0.1) is 0 Å². The van der Waals surface area contributed by atoms with Crippen LogP contribution in [-0.4, -0.2) is 31.1 Å². The quantitative estimate of drug-likeness (QED) is 0.769. The summed E-state index contributed by atoms with van der Waals surface area (Å²) in [5, 5.41) is 2.99. The summed E-state index contributed by atoms with van der Waals surface area (Å²) in [6.45, 7) is 6.41. The van der Waals surface area contributed by atoms with E-state index < -0.39 is 5.97 Å². The topological polar surface area (TPSA) is 64.6 Å². The van der Waals surface area contributed by atoms with E-state index in [1.165, 1.54) is 6.42 Å². The van der Waals surface area contributed by atoms with Crippen molar-refractivity contribution in [2.24, 2.45) is 11.8 Å². The summed E-state index contributed by atoms with van der Waals surface area (Å²) < 4.78 is 10.5. The van der Waals surface area contributed by atoms with Crippen molar-refractivity contribution in [1.82, 2.24) is 5.32 Å². The van der Waals surface area contributed by atoms with E-state index >= 15 is 0 Å². The van der Waals surface area contributed by atoms with E-state index in [2.05, 4.69) is 19.2 Å². The lowest BCUT2D eigenvalue weighted by Gasteiger charge is -2.34. The molecule has 1 aromatic carbocycles. The number of aryl methyl sites for hydroxylation is 1. The second-order valence-electron chi connectivity index (χ2n) is 7.01. The summed E-state index contributed by atoms with van der Waals surface area (Å²) in [5.41, 5.74) is 1.15. The number of nitrogens with one attached hydrogen (secondary N) is 1. The molecular formula is C20H29NO4. The van der Waals surface area contributed by atoms with Crippen LogP contribution in [0.3, 0.4) is 0 Å². The number of carbonyl (C=O) groups is 2. The van der Waals surface area contributed by atoms with Crippen LogP contribution in [0.2, 0.25) is 0 Å². The molecule has 1 aliphatic rings. The van der Waals surface area contributed by atoms with Crippen LogP contribution < -0.4 is 10.1 Å². The van der Waals surface area contributed by atoms with Gasteiger partial charge in [0.15, 0.2) is 6.61 Å². The molecule has 0 aliphatic heterocycles. The molecular weight excluding hydrogens is 318 g/mol. The van der Waals surface area contributed by atoms with Crippen molar-refractivity contribution in [3.63, 3.8) is 0 Å². The van der Waals surface area contributed by atoms with Crippen molar-refractivity contribution in [2.45, 2.75) is 52.5 Å². The molecule has 0 saturated heterocycles. The molecule has 1 fully saturated rings. The Hall–Kier alpha value is -2.04. The van der Waals surface area contributed by atoms with Gasteiger partial charge in [-0.05, 0) is 37.3 Å². The lowest BCUT2D eigenvalue weighted by atomic mass is 9.78. The minimum absolute atomic E-state index is 0.123. The fourth-order valence-electron chi connectivity index (χ4n) is 3.14. The van der Waals surface area contributed by atoms with E-state index in [1.807, 2.05) is 31.2 Å². The van der Waals surface area contributed by atoms with E-state index in [-0.39, 0.29) is 31.6 Å². The number of carbonyl (C=O) groups excluding carboxylic acids is 2. The zero-order valence-electron chi connectivity index (χ0n) is 15.4. The van der Waals surface area contributed by atoms with Crippen LogP contribution >= 0.6 is 0 Å². The molecule has 1 N–H and O–H groups in total. The van der Waals surface area contributed by atoms with Crippen LogP contribution in [-0.2, 0) is 14.3 Å². The average molecular weight is 347 g/mol. The molecule has 5 heteroatoms. The Morgan fingerprint density at radius 1 is 1.16 bits per heavy atom. The second kappa shape index (κ2) is 9.44. The fourth-order valence-corrected chi connectivity index (χ4v) is 3.14. The molecule has 1 aromatic rings. The first-order valence-electron chi connectivity index (χ1n) is 9.10. The Bertz CT molecular complexity index is 570. The summed E-state index contributed by atoms with van der Waals surface area (Å²) in [6.07, 6.45) is 3.46. The molecule has 2 rings (SSSR count). The van der Waals surface area contributed by atoms with Crippen LogP contribution in [0.1, 0.15) is 45.1 Å². The lowest BCUT2D eigenvalue weighted by Crippen LogP contribution is -2.45. The summed E-state index contributed by atoms with van der Waals surface area (Å²) in [5.74, 6) is 1.14. The molecule has 0 spiro atoms. The molecule has 0 aromatic heterocycles. The third kappa shape index (κ3) is 6.40. The average Bonchev–Trinajstić information content (AvgIpc) is 2.59. The molecule has 1 aliphatic carbocycles. The van der Waals surface area contributed by atoms with Gasteiger partial charge >= 0.3 is 5.97 Å². The molecule has 1 saturated carbocycles. The molecule has 25 heavy (non-hydrogen) atoms. The highest BCUT2D eigenvalue weighted by molar-refractivity contribution is 5.80. The maximum absolute atomic E-state index is 12.0. The molecule has 1 amide bonds.